The summed E-state index contributed by atoms with van der Waals surface area (Å²) in [6.45, 7) is 5.91. The van der Waals surface area contributed by atoms with Crippen molar-refractivity contribution in [3.05, 3.63) is 61.5 Å². The van der Waals surface area contributed by atoms with E-state index in [4.69, 9.17) is 39.5 Å². The van der Waals surface area contributed by atoms with Crippen molar-refractivity contribution in [3.8, 4) is 5.75 Å². The average Bonchev–Trinajstić information content (AvgIpc) is 2.70. The SMILES string of the molecule is CC(C)CNC(=O)[C@H](C)N(Cc1c(Cl)cccc1Cl)C(=O)COc1ccc(Br)cc1Cl. The Balaban J connectivity index is 2.22. The van der Waals surface area contributed by atoms with Gasteiger partial charge in [-0.3, -0.25) is 9.59 Å². The maximum Gasteiger partial charge on any atom is 0.261 e. The highest BCUT2D eigenvalue weighted by molar-refractivity contribution is 9.10. The third-order valence-corrected chi connectivity index (χ3v) is 5.98. The van der Waals surface area contributed by atoms with Crippen LogP contribution in [-0.2, 0) is 16.1 Å². The van der Waals surface area contributed by atoms with E-state index in [9.17, 15) is 9.59 Å². The van der Waals surface area contributed by atoms with Crippen molar-refractivity contribution < 1.29 is 14.3 Å². The molecule has 31 heavy (non-hydrogen) atoms. The number of nitrogens with one attached hydrogen (secondary N) is 1. The van der Waals surface area contributed by atoms with Crippen LogP contribution < -0.4 is 10.1 Å². The first-order valence-electron chi connectivity index (χ1n) is 9.68. The number of benzene rings is 2. The fraction of sp³-hybridized carbons (Fsp3) is 0.364. The van der Waals surface area contributed by atoms with Crippen molar-refractivity contribution in [3.63, 3.8) is 0 Å². The minimum atomic E-state index is -0.762. The second kappa shape index (κ2) is 12.0. The molecule has 0 fully saturated rings. The van der Waals surface area contributed by atoms with Gasteiger partial charge in [0.05, 0.1) is 5.02 Å². The number of rotatable bonds is 9. The van der Waals surface area contributed by atoms with E-state index in [1.54, 1.807) is 43.3 Å². The number of ether oxygens (including phenoxy) is 1. The van der Waals surface area contributed by atoms with E-state index in [2.05, 4.69) is 21.2 Å². The highest BCUT2D eigenvalue weighted by Gasteiger charge is 2.28. The van der Waals surface area contributed by atoms with Crippen molar-refractivity contribution in [1.29, 1.82) is 0 Å². The van der Waals surface area contributed by atoms with E-state index in [1.165, 1.54) is 4.90 Å². The van der Waals surface area contributed by atoms with E-state index >= 15 is 0 Å². The summed E-state index contributed by atoms with van der Waals surface area (Å²) in [5.41, 5.74) is 0.560. The van der Waals surface area contributed by atoms with Crippen LogP contribution in [-0.4, -0.2) is 35.9 Å². The third-order valence-electron chi connectivity index (χ3n) is 4.49. The molecule has 0 bridgehead atoms. The molecule has 0 radical (unpaired) electrons. The second-order valence-corrected chi connectivity index (χ2v) is 9.54. The molecule has 9 heteroatoms. The molecule has 168 valence electrons. The molecule has 2 amide bonds. The number of carbonyl (C=O) groups is 2. The number of carbonyl (C=O) groups excluding carboxylic acids is 2. The molecule has 0 aromatic heterocycles. The predicted molar refractivity (Wildman–Crippen MR) is 129 cm³/mol. The molecular formula is C22H24BrCl3N2O3. The topological polar surface area (TPSA) is 58.6 Å². The first-order chi connectivity index (χ1) is 14.6. The zero-order chi connectivity index (χ0) is 23.1. The molecule has 0 saturated carbocycles. The lowest BCUT2D eigenvalue weighted by Gasteiger charge is -2.29. The maximum atomic E-state index is 13.1. The Morgan fingerprint density at radius 2 is 1.71 bits per heavy atom. The Morgan fingerprint density at radius 1 is 1.06 bits per heavy atom. The lowest BCUT2D eigenvalue weighted by Crippen LogP contribution is -2.49. The molecule has 0 spiro atoms. The lowest BCUT2D eigenvalue weighted by atomic mass is 10.1. The minimum Gasteiger partial charge on any atom is -0.482 e. The second-order valence-electron chi connectivity index (χ2n) is 7.40. The predicted octanol–water partition coefficient (Wildman–Crippen LogP) is 5.98. The molecule has 2 aromatic carbocycles. The van der Waals surface area contributed by atoms with Crippen molar-refractivity contribution in [2.24, 2.45) is 5.92 Å². The van der Waals surface area contributed by atoms with Crippen LogP contribution in [0.15, 0.2) is 40.9 Å². The van der Waals surface area contributed by atoms with Gasteiger partial charge >= 0.3 is 0 Å². The molecule has 2 aromatic rings. The molecule has 0 aliphatic heterocycles. The van der Waals surface area contributed by atoms with E-state index in [-0.39, 0.29) is 25.0 Å². The van der Waals surface area contributed by atoms with E-state index in [0.29, 0.717) is 32.9 Å². The van der Waals surface area contributed by atoms with Crippen LogP contribution in [0.2, 0.25) is 15.1 Å². The van der Waals surface area contributed by atoms with Crippen molar-refractivity contribution in [2.75, 3.05) is 13.2 Å². The fourth-order valence-electron chi connectivity index (χ4n) is 2.70. The standard InChI is InChI=1S/C22H24BrCl3N2O3/c1-13(2)10-27-22(30)14(3)28(11-16-17(24)5-4-6-18(16)25)21(29)12-31-20-8-7-15(23)9-19(20)26/h4-9,13-14H,10-12H2,1-3H3,(H,27,30)/t14-/m0/s1. The van der Waals surface area contributed by atoms with Crippen LogP contribution in [0.4, 0.5) is 0 Å². The number of amides is 2. The summed E-state index contributed by atoms with van der Waals surface area (Å²) < 4.78 is 6.41. The van der Waals surface area contributed by atoms with E-state index < -0.39 is 11.9 Å². The summed E-state index contributed by atoms with van der Waals surface area (Å²) in [4.78, 5) is 27.2. The number of halogens is 4. The molecule has 2 rings (SSSR count). The summed E-state index contributed by atoms with van der Waals surface area (Å²) in [5.74, 6) is -0.0267. The van der Waals surface area contributed by atoms with Gasteiger partial charge in [0.2, 0.25) is 5.91 Å². The Labute approximate surface area is 206 Å². The fourth-order valence-corrected chi connectivity index (χ4v) is 3.95. The van der Waals surface area contributed by atoms with Gasteiger partial charge in [0, 0.05) is 33.2 Å². The van der Waals surface area contributed by atoms with Gasteiger partial charge in [-0.25, -0.2) is 0 Å². The van der Waals surface area contributed by atoms with Crippen LogP contribution in [0.5, 0.6) is 5.75 Å². The van der Waals surface area contributed by atoms with Gasteiger partial charge in [0.15, 0.2) is 6.61 Å². The van der Waals surface area contributed by atoms with Crippen LogP contribution in [0, 0.1) is 5.92 Å². The number of hydrogen-bond acceptors (Lipinski definition) is 3. The zero-order valence-corrected chi connectivity index (χ0v) is 21.3. The molecular weight excluding hydrogens is 527 g/mol. The van der Waals surface area contributed by atoms with Gasteiger partial charge < -0.3 is 15.0 Å². The molecule has 1 N–H and O–H groups in total. The van der Waals surface area contributed by atoms with Crippen molar-refractivity contribution in [2.45, 2.75) is 33.4 Å². The molecule has 0 unspecified atom stereocenters. The Kier molecular flexibility index (Phi) is 9.94. The van der Waals surface area contributed by atoms with Gasteiger partial charge in [-0.15, -0.1) is 0 Å². The molecule has 1 atom stereocenters. The van der Waals surface area contributed by atoms with Gasteiger partial charge in [-0.05, 0) is 43.2 Å². The summed E-state index contributed by atoms with van der Waals surface area (Å²) in [6, 6.07) is 9.42. The van der Waals surface area contributed by atoms with Gasteiger partial charge in [-0.2, -0.15) is 0 Å². The van der Waals surface area contributed by atoms with Crippen LogP contribution >= 0.6 is 50.7 Å². The maximum absolute atomic E-state index is 13.1. The van der Waals surface area contributed by atoms with E-state index in [0.717, 1.165) is 4.47 Å². The summed E-state index contributed by atoms with van der Waals surface area (Å²) in [5, 5.41) is 4.05. The lowest BCUT2D eigenvalue weighted by molar-refractivity contribution is -0.142. The molecule has 0 aliphatic rings. The van der Waals surface area contributed by atoms with Gasteiger partial charge in [-0.1, -0.05) is 70.6 Å². The number of nitrogens with zero attached hydrogens (tertiary/aromatic N) is 1. The van der Waals surface area contributed by atoms with Crippen LogP contribution in [0.25, 0.3) is 0 Å². The first kappa shape index (κ1) is 25.8. The quantitative estimate of drug-likeness (QED) is 0.418. The van der Waals surface area contributed by atoms with Crippen LogP contribution in [0.1, 0.15) is 26.3 Å². The van der Waals surface area contributed by atoms with Crippen LogP contribution in [0.3, 0.4) is 0 Å². The normalized spacial score (nSPS) is 11.9. The Morgan fingerprint density at radius 3 is 2.29 bits per heavy atom. The van der Waals surface area contributed by atoms with E-state index in [1.807, 2.05) is 13.8 Å². The summed E-state index contributed by atoms with van der Waals surface area (Å²) in [6.07, 6.45) is 0. The molecule has 0 aliphatic carbocycles. The largest absolute Gasteiger partial charge is 0.482 e. The zero-order valence-electron chi connectivity index (χ0n) is 17.4. The highest BCUT2D eigenvalue weighted by Crippen LogP contribution is 2.29. The third kappa shape index (κ3) is 7.56. The summed E-state index contributed by atoms with van der Waals surface area (Å²) >= 11 is 22.1. The average molecular weight is 551 g/mol. The highest BCUT2D eigenvalue weighted by atomic mass is 79.9. The summed E-state index contributed by atoms with van der Waals surface area (Å²) in [7, 11) is 0. The minimum absolute atomic E-state index is 0.0606. The Hall–Kier alpha value is -1.47. The molecule has 5 nitrogen and oxygen atoms in total. The van der Waals surface area contributed by atoms with Crippen molar-refractivity contribution >= 4 is 62.5 Å². The Bertz CT molecular complexity index is 920. The first-order valence-corrected chi connectivity index (χ1v) is 11.6. The van der Waals surface area contributed by atoms with Gasteiger partial charge in [0.25, 0.3) is 5.91 Å². The van der Waals surface area contributed by atoms with Crippen molar-refractivity contribution in [1.82, 2.24) is 10.2 Å². The number of hydrogen-bond donors (Lipinski definition) is 1. The van der Waals surface area contributed by atoms with Gasteiger partial charge in [0.1, 0.15) is 11.8 Å². The monoisotopic (exact) mass is 548 g/mol. The molecule has 0 heterocycles. The molecule has 0 saturated heterocycles. The smallest absolute Gasteiger partial charge is 0.261 e.